The fourth-order valence-electron chi connectivity index (χ4n) is 2.08. The minimum absolute atomic E-state index is 0.101. The van der Waals surface area contributed by atoms with Crippen LogP contribution < -0.4 is 5.73 Å². The van der Waals surface area contributed by atoms with Crippen LogP contribution in [0.1, 0.15) is 19.3 Å². The lowest BCUT2D eigenvalue weighted by Gasteiger charge is -2.32. The second-order valence-corrected chi connectivity index (χ2v) is 7.32. The largest absolute Gasteiger partial charge is 0.315 e. The van der Waals surface area contributed by atoms with Gasteiger partial charge in [0.15, 0.2) is 0 Å². The molecule has 1 fully saturated rings. The van der Waals surface area contributed by atoms with Crippen LogP contribution in [-0.2, 0) is 10.0 Å². The minimum Gasteiger partial charge on any atom is -0.315 e. The van der Waals surface area contributed by atoms with Gasteiger partial charge in [0.25, 0.3) is 0 Å². The Morgan fingerprint density at radius 2 is 2.11 bits per heavy atom. The SMILES string of the molecule is NC1CCCCN1S(=O)(=O)c1c(Cl)cccc1Br. The molecule has 1 atom stereocenters. The number of hydrogen-bond acceptors (Lipinski definition) is 3. The van der Waals surface area contributed by atoms with Crippen molar-refractivity contribution in [3.8, 4) is 0 Å². The van der Waals surface area contributed by atoms with Crippen LogP contribution in [0.5, 0.6) is 0 Å². The van der Waals surface area contributed by atoms with Gasteiger partial charge in [-0.05, 0) is 47.3 Å². The minimum atomic E-state index is -3.64. The number of sulfonamides is 1. The monoisotopic (exact) mass is 352 g/mol. The standard InChI is InChI=1S/C11H14BrClN2O2S/c12-8-4-3-5-9(13)11(8)18(16,17)15-7-2-1-6-10(15)14/h3-5,10H,1-2,6-7,14H2. The molecule has 18 heavy (non-hydrogen) atoms. The summed E-state index contributed by atoms with van der Waals surface area (Å²) >= 11 is 9.24. The molecule has 1 aliphatic rings. The Kier molecular flexibility index (Phi) is 4.33. The Labute approximate surface area is 120 Å². The summed E-state index contributed by atoms with van der Waals surface area (Å²) < 4.78 is 26.9. The number of halogens is 2. The van der Waals surface area contributed by atoms with E-state index >= 15 is 0 Å². The summed E-state index contributed by atoms with van der Waals surface area (Å²) in [6, 6.07) is 4.92. The first-order valence-corrected chi connectivity index (χ1v) is 8.27. The maximum atomic E-state index is 12.6. The highest BCUT2D eigenvalue weighted by Crippen LogP contribution is 2.33. The predicted molar refractivity (Wildman–Crippen MR) is 74.9 cm³/mol. The molecule has 0 aliphatic carbocycles. The molecule has 4 nitrogen and oxygen atoms in total. The molecule has 1 aromatic rings. The predicted octanol–water partition coefficient (Wildman–Crippen LogP) is 2.56. The van der Waals surface area contributed by atoms with Gasteiger partial charge in [-0.1, -0.05) is 17.7 Å². The molecule has 1 heterocycles. The van der Waals surface area contributed by atoms with Gasteiger partial charge in [-0.25, -0.2) is 8.42 Å². The summed E-state index contributed by atoms with van der Waals surface area (Å²) in [4.78, 5) is 0.101. The Morgan fingerprint density at radius 3 is 2.72 bits per heavy atom. The van der Waals surface area contributed by atoms with Crippen molar-refractivity contribution in [3.05, 3.63) is 27.7 Å². The molecular formula is C11H14BrClN2O2S. The zero-order valence-electron chi connectivity index (χ0n) is 9.64. The van der Waals surface area contributed by atoms with Crippen LogP contribution in [0.3, 0.4) is 0 Å². The molecule has 0 spiro atoms. The molecule has 0 amide bonds. The number of nitrogens with zero attached hydrogens (tertiary/aromatic N) is 1. The van der Waals surface area contributed by atoms with E-state index in [0.717, 1.165) is 12.8 Å². The van der Waals surface area contributed by atoms with E-state index in [1.54, 1.807) is 18.2 Å². The summed E-state index contributed by atoms with van der Waals surface area (Å²) in [6.45, 7) is 0.446. The maximum Gasteiger partial charge on any atom is 0.247 e. The van der Waals surface area contributed by atoms with E-state index in [0.29, 0.717) is 17.4 Å². The van der Waals surface area contributed by atoms with Gasteiger partial charge in [0.1, 0.15) is 4.90 Å². The van der Waals surface area contributed by atoms with Gasteiger partial charge in [0, 0.05) is 11.0 Å². The third kappa shape index (κ3) is 2.58. The smallest absolute Gasteiger partial charge is 0.247 e. The zero-order chi connectivity index (χ0) is 13.3. The van der Waals surface area contributed by atoms with Crippen LogP contribution in [0.15, 0.2) is 27.6 Å². The molecule has 1 aromatic carbocycles. The molecule has 2 N–H and O–H groups in total. The lowest BCUT2D eigenvalue weighted by atomic mass is 10.1. The van der Waals surface area contributed by atoms with Crippen molar-refractivity contribution in [2.45, 2.75) is 30.3 Å². The van der Waals surface area contributed by atoms with Crippen molar-refractivity contribution < 1.29 is 8.42 Å². The van der Waals surface area contributed by atoms with Crippen LogP contribution in [0.25, 0.3) is 0 Å². The summed E-state index contributed by atoms with van der Waals surface area (Å²) in [5, 5.41) is 0.210. The topological polar surface area (TPSA) is 63.4 Å². The first-order chi connectivity index (χ1) is 8.44. The molecule has 100 valence electrons. The average molecular weight is 354 g/mol. The Bertz CT molecular complexity index is 530. The summed E-state index contributed by atoms with van der Waals surface area (Å²) in [6.07, 6.45) is 2.00. The Morgan fingerprint density at radius 1 is 1.39 bits per heavy atom. The summed E-state index contributed by atoms with van der Waals surface area (Å²) in [5.41, 5.74) is 5.89. The van der Waals surface area contributed by atoms with Gasteiger partial charge in [-0.15, -0.1) is 0 Å². The van der Waals surface area contributed by atoms with Crippen LogP contribution in [0.4, 0.5) is 0 Å². The van der Waals surface area contributed by atoms with Gasteiger partial charge >= 0.3 is 0 Å². The van der Waals surface area contributed by atoms with E-state index in [2.05, 4.69) is 15.9 Å². The van der Waals surface area contributed by atoms with Gasteiger partial charge in [-0.3, -0.25) is 0 Å². The van der Waals surface area contributed by atoms with E-state index in [9.17, 15) is 8.42 Å². The van der Waals surface area contributed by atoms with Crippen LogP contribution in [0, 0.1) is 0 Å². The van der Waals surface area contributed by atoms with E-state index in [-0.39, 0.29) is 9.92 Å². The number of nitrogens with two attached hydrogens (primary N) is 1. The normalized spacial score (nSPS) is 22.1. The second kappa shape index (κ2) is 5.46. The van der Waals surface area contributed by atoms with Gasteiger partial charge in [0.05, 0.1) is 11.2 Å². The lowest BCUT2D eigenvalue weighted by molar-refractivity contribution is 0.258. The number of piperidine rings is 1. The van der Waals surface area contributed by atoms with Crippen molar-refractivity contribution in [2.75, 3.05) is 6.54 Å². The molecule has 1 unspecified atom stereocenters. The van der Waals surface area contributed by atoms with E-state index in [4.69, 9.17) is 17.3 Å². The molecule has 0 radical (unpaired) electrons. The molecule has 7 heteroatoms. The Balaban J connectivity index is 2.48. The highest BCUT2D eigenvalue weighted by molar-refractivity contribution is 9.10. The summed E-state index contributed by atoms with van der Waals surface area (Å²) in [7, 11) is -3.64. The quantitative estimate of drug-likeness (QED) is 0.889. The molecule has 1 saturated heterocycles. The third-order valence-electron chi connectivity index (χ3n) is 2.98. The molecular weight excluding hydrogens is 340 g/mol. The van der Waals surface area contributed by atoms with Gasteiger partial charge in [-0.2, -0.15) is 4.31 Å². The van der Waals surface area contributed by atoms with Crippen LogP contribution in [0.2, 0.25) is 5.02 Å². The third-order valence-corrected chi connectivity index (χ3v) is 6.36. The second-order valence-electron chi connectivity index (χ2n) is 4.23. The van der Waals surface area contributed by atoms with Crippen LogP contribution >= 0.6 is 27.5 Å². The van der Waals surface area contributed by atoms with E-state index < -0.39 is 16.2 Å². The van der Waals surface area contributed by atoms with Crippen molar-refractivity contribution >= 4 is 37.6 Å². The maximum absolute atomic E-state index is 12.6. The highest BCUT2D eigenvalue weighted by Gasteiger charge is 2.34. The van der Waals surface area contributed by atoms with Gasteiger partial charge in [0.2, 0.25) is 10.0 Å². The molecule has 0 saturated carbocycles. The summed E-state index contributed by atoms with van der Waals surface area (Å²) in [5.74, 6) is 0. The van der Waals surface area contributed by atoms with Crippen molar-refractivity contribution in [1.82, 2.24) is 4.31 Å². The molecule has 0 aromatic heterocycles. The van der Waals surface area contributed by atoms with Crippen molar-refractivity contribution in [1.29, 1.82) is 0 Å². The molecule has 0 bridgehead atoms. The van der Waals surface area contributed by atoms with E-state index in [1.807, 2.05) is 0 Å². The fraction of sp³-hybridized carbons (Fsp3) is 0.455. The van der Waals surface area contributed by atoms with Crippen LogP contribution in [-0.4, -0.2) is 25.4 Å². The first-order valence-electron chi connectivity index (χ1n) is 5.66. The Hall–Kier alpha value is -0.140. The molecule has 1 aliphatic heterocycles. The average Bonchev–Trinajstić information content (AvgIpc) is 2.28. The van der Waals surface area contributed by atoms with Gasteiger partial charge < -0.3 is 5.73 Å². The first kappa shape index (κ1) is 14.3. The lowest BCUT2D eigenvalue weighted by Crippen LogP contribution is -2.48. The van der Waals surface area contributed by atoms with Crippen molar-refractivity contribution in [2.24, 2.45) is 5.73 Å². The number of benzene rings is 1. The number of hydrogen-bond donors (Lipinski definition) is 1. The zero-order valence-corrected chi connectivity index (χ0v) is 12.8. The van der Waals surface area contributed by atoms with E-state index in [1.165, 1.54) is 4.31 Å². The fourth-order valence-corrected chi connectivity index (χ4v) is 5.33. The number of rotatable bonds is 2. The van der Waals surface area contributed by atoms with Crippen molar-refractivity contribution in [3.63, 3.8) is 0 Å². The highest BCUT2D eigenvalue weighted by atomic mass is 79.9. The molecule has 2 rings (SSSR count).